The highest BCUT2D eigenvalue weighted by atomic mass is 16.5. The van der Waals surface area contributed by atoms with E-state index < -0.39 is 0 Å². The molecule has 1 aromatic carbocycles. The van der Waals surface area contributed by atoms with Gasteiger partial charge < -0.3 is 10.5 Å². The van der Waals surface area contributed by atoms with Gasteiger partial charge in [0.25, 0.3) is 0 Å². The Kier molecular flexibility index (Phi) is 6.10. The van der Waals surface area contributed by atoms with Crippen LogP contribution in [0.5, 0.6) is 5.75 Å². The van der Waals surface area contributed by atoms with E-state index >= 15 is 0 Å². The monoisotopic (exact) mass is 286 g/mol. The first-order chi connectivity index (χ1) is 10.3. The fraction of sp³-hybridized carbons (Fsp3) is 0.556. The van der Waals surface area contributed by atoms with Crippen LogP contribution in [0.15, 0.2) is 18.2 Å². The first kappa shape index (κ1) is 15.9. The predicted octanol–water partition coefficient (Wildman–Crippen LogP) is 2.77. The summed E-state index contributed by atoms with van der Waals surface area (Å²) in [5.74, 6) is 7.05. The number of rotatable bonds is 4. The Bertz CT molecular complexity index is 516. The van der Waals surface area contributed by atoms with E-state index in [2.05, 4.69) is 29.7 Å². The fourth-order valence-corrected chi connectivity index (χ4v) is 3.05. The molecule has 114 valence electrons. The van der Waals surface area contributed by atoms with Gasteiger partial charge in [0, 0.05) is 18.2 Å². The van der Waals surface area contributed by atoms with Crippen LogP contribution in [0.4, 0.5) is 0 Å². The molecule has 0 amide bonds. The van der Waals surface area contributed by atoms with E-state index in [9.17, 15) is 0 Å². The summed E-state index contributed by atoms with van der Waals surface area (Å²) in [5.41, 5.74) is 7.82. The zero-order valence-electron chi connectivity index (χ0n) is 13.2. The second kappa shape index (κ2) is 8.07. The quantitative estimate of drug-likeness (QED) is 0.865. The van der Waals surface area contributed by atoms with Gasteiger partial charge in [-0.05, 0) is 49.6 Å². The zero-order valence-corrected chi connectivity index (χ0v) is 13.2. The second-order valence-electron chi connectivity index (χ2n) is 5.56. The lowest BCUT2D eigenvalue weighted by atomic mass is 9.98. The molecule has 1 aliphatic heterocycles. The molecule has 0 aliphatic carbocycles. The maximum Gasteiger partial charge on any atom is 0.119 e. The molecule has 0 spiro atoms. The van der Waals surface area contributed by atoms with Crippen LogP contribution in [-0.2, 0) is 6.54 Å². The number of methoxy groups -OCH3 is 1. The van der Waals surface area contributed by atoms with Gasteiger partial charge in [0.1, 0.15) is 5.75 Å². The van der Waals surface area contributed by atoms with Gasteiger partial charge in [-0.2, -0.15) is 0 Å². The molecule has 3 nitrogen and oxygen atoms in total. The van der Waals surface area contributed by atoms with Crippen LogP contribution in [0.2, 0.25) is 0 Å². The highest BCUT2D eigenvalue weighted by Gasteiger charge is 2.21. The summed E-state index contributed by atoms with van der Waals surface area (Å²) in [5, 5.41) is 0. The zero-order chi connectivity index (χ0) is 15.1. The Hall–Kier alpha value is -1.50. The molecule has 1 fully saturated rings. The first-order valence-corrected chi connectivity index (χ1v) is 7.88. The van der Waals surface area contributed by atoms with Gasteiger partial charge >= 0.3 is 0 Å². The molecule has 0 bridgehead atoms. The van der Waals surface area contributed by atoms with Crippen molar-refractivity contribution in [1.82, 2.24) is 4.90 Å². The number of nitrogens with two attached hydrogens (primary N) is 1. The second-order valence-corrected chi connectivity index (χ2v) is 5.56. The summed E-state index contributed by atoms with van der Waals surface area (Å²) in [7, 11) is 1.71. The normalized spacial score (nSPS) is 18.9. The van der Waals surface area contributed by atoms with Crippen molar-refractivity contribution in [2.75, 3.05) is 20.2 Å². The number of likely N-dealkylation sites (tertiary alicyclic amines) is 1. The molecule has 0 aromatic heterocycles. The van der Waals surface area contributed by atoms with Crippen LogP contribution in [-0.4, -0.2) is 31.1 Å². The third-order valence-corrected chi connectivity index (χ3v) is 4.23. The third-order valence-electron chi connectivity index (χ3n) is 4.23. The Balaban J connectivity index is 2.23. The molecule has 1 heterocycles. The van der Waals surface area contributed by atoms with E-state index in [1.165, 1.54) is 37.8 Å². The van der Waals surface area contributed by atoms with E-state index in [0.29, 0.717) is 12.6 Å². The van der Waals surface area contributed by atoms with Crippen molar-refractivity contribution in [1.29, 1.82) is 0 Å². The molecule has 1 unspecified atom stereocenters. The van der Waals surface area contributed by atoms with Gasteiger partial charge in [-0.3, -0.25) is 4.90 Å². The molecular formula is C18H26N2O. The summed E-state index contributed by atoms with van der Waals surface area (Å²) in [6.07, 6.45) is 5.18. The minimum absolute atomic E-state index is 0.396. The Morgan fingerprint density at radius 1 is 1.38 bits per heavy atom. The minimum atomic E-state index is 0.396. The van der Waals surface area contributed by atoms with Gasteiger partial charge in [0.05, 0.1) is 13.7 Å². The summed E-state index contributed by atoms with van der Waals surface area (Å²) >= 11 is 0. The standard InChI is InChI=1S/C18H26N2O/c1-3-17-8-4-5-12-20(17)14-16-13-18(21-2)10-9-15(16)7-6-11-19/h9-10,13,17H,3-5,8,11-12,14,19H2,1-2H3. The maximum absolute atomic E-state index is 5.50. The lowest BCUT2D eigenvalue weighted by molar-refractivity contribution is 0.136. The van der Waals surface area contributed by atoms with Crippen molar-refractivity contribution in [3.8, 4) is 17.6 Å². The molecule has 21 heavy (non-hydrogen) atoms. The van der Waals surface area contributed by atoms with E-state index in [-0.39, 0.29) is 0 Å². The van der Waals surface area contributed by atoms with Crippen LogP contribution >= 0.6 is 0 Å². The highest BCUT2D eigenvalue weighted by molar-refractivity contribution is 5.45. The van der Waals surface area contributed by atoms with Gasteiger partial charge in [0.15, 0.2) is 0 Å². The molecule has 1 aromatic rings. The molecule has 0 radical (unpaired) electrons. The molecule has 0 saturated carbocycles. The summed E-state index contributed by atoms with van der Waals surface area (Å²) in [6.45, 7) is 4.81. The van der Waals surface area contributed by atoms with Gasteiger partial charge in [-0.15, -0.1) is 0 Å². The fourth-order valence-electron chi connectivity index (χ4n) is 3.05. The van der Waals surface area contributed by atoms with Gasteiger partial charge in [-0.1, -0.05) is 25.2 Å². The molecule has 3 heteroatoms. The Morgan fingerprint density at radius 3 is 2.95 bits per heavy atom. The van der Waals surface area contributed by atoms with Crippen molar-refractivity contribution in [3.05, 3.63) is 29.3 Å². The lowest BCUT2D eigenvalue weighted by Crippen LogP contribution is -2.38. The molecule has 2 rings (SSSR count). The molecule has 1 saturated heterocycles. The van der Waals surface area contributed by atoms with Crippen LogP contribution in [0.25, 0.3) is 0 Å². The van der Waals surface area contributed by atoms with E-state index in [1.54, 1.807) is 7.11 Å². The van der Waals surface area contributed by atoms with Crippen molar-refractivity contribution in [2.45, 2.75) is 45.2 Å². The average molecular weight is 286 g/mol. The number of piperidine rings is 1. The third kappa shape index (κ3) is 4.23. The highest BCUT2D eigenvalue weighted by Crippen LogP contribution is 2.25. The van der Waals surface area contributed by atoms with Crippen molar-refractivity contribution >= 4 is 0 Å². The van der Waals surface area contributed by atoms with Crippen molar-refractivity contribution in [3.63, 3.8) is 0 Å². The molecule has 1 aliphatic rings. The SMILES string of the molecule is CCC1CCCCN1Cc1cc(OC)ccc1C#CCN. The lowest BCUT2D eigenvalue weighted by Gasteiger charge is -2.35. The number of ether oxygens (including phenoxy) is 1. The van der Waals surface area contributed by atoms with Gasteiger partial charge in [0.2, 0.25) is 0 Å². The minimum Gasteiger partial charge on any atom is -0.497 e. The smallest absolute Gasteiger partial charge is 0.119 e. The molecule has 1 atom stereocenters. The number of hydrogen-bond donors (Lipinski definition) is 1. The molecular weight excluding hydrogens is 260 g/mol. The van der Waals surface area contributed by atoms with Crippen LogP contribution in [0, 0.1) is 11.8 Å². The molecule has 2 N–H and O–H groups in total. The number of hydrogen-bond acceptors (Lipinski definition) is 3. The van der Waals surface area contributed by atoms with Crippen LogP contribution in [0.3, 0.4) is 0 Å². The van der Waals surface area contributed by atoms with Gasteiger partial charge in [-0.25, -0.2) is 0 Å². The summed E-state index contributed by atoms with van der Waals surface area (Å²) in [6, 6.07) is 6.82. The van der Waals surface area contributed by atoms with Crippen molar-refractivity contribution < 1.29 is 4.74 Å². The van der Waals surface area contributed by atoms with Crippen LogP contribution < -0.4 is 10.5 Å². The summed E-state index contributed by atoms with van der Waals surface area (Å²) < 4.78 is 5.37. The largest absolute Gasteiger partial charge is 0.497 e. The van der Waals surface area contributed by atoms with Crippen LogP contribution in [0.1, 0.15) is 43.7 Å². The number of benzene rings is 1. The van der Waals surface area contributed by atoms with E-state index in [4.69, 9.17) is 10.5 Å². The van der Waals surface area contributed by atoms with Crippen molar-refractivity contribution in [2.24, 2.45) is 5.73 Å². The average Bonchev–Trinajstić information content (AvgIpc) is 2.54. The number of nitrogens with zero attached hydrogens (tertiary/aromatic N) is 1. The Labute approximate surface area is 128 Å². The van der Waals surface area contributed by atoms with E-state index in [0.717, 1.165) is 17.9 Å². The van der Waals surface area contributed by atoms with E-state index in [1.807, 2.05) is 12.1 Å². The predicted molar refractivity (Wildman–Crippen MR) is 87.3 cm³/mol. The topological polar surface area (TPSA) is 38.5 Å². The maximum atomic E-state index is 5.50. The Morgan fingerprint density at radius 2 is 2.24 bits per heavy atom. The summed E-state index contributed by atoms with van der Waals surface area (Å²) in [4.78, 5) is 2.59. The first-order valence-electron chi connectivity index (χ1n) is 7.88.